The molecule has 4 rings (SSSR count). The number of aromatic nitrogens is 2. The van der Waals surface area contributed by atoms with Crippen molar-refractivity contribution in [3.63, 3.8) is 0 Å². The lowest BCUT2D eigenvalue weighted by atomic mass is 10.0. The fourth-order valence-corrected chi connectivity index (χ4v) is 4.62. The molecular weight excluding hydrogens is 344 g/mol. The smallest absolute Gasteiger partial charge is 0.224 e. The lowest BCUT2D eigenvalue weighted by molar-refractivity contribution is -0.130. The van der Waals surface area contributed by atoms with Crippen LogP contribution >= 0.6 is 11.8 Å². The Hall–Kier alpha value is -1.79. The van der Waals surface area contributed by atoms with Crippen molar-refractivity contribution in [2.24, 2.45) is 5.92 Å². The zero-order valence-corrected chi connectivity index (χ0v) is 16.1. The van der Waals surface area contributed by atoms with E-state index in [1.807, 2.05) is 16.9 Å². The maximum atomic E-state index is 12.6. The molecule has 1 amide bonds. The molecule has 1 aromatic heterocycles. The number of thioether (sulfide) groups is 1. The molecule has 0 N–H and O–H groups in total. The van der Waals surface area contributed by atoms with Gasteiger partial charge in [-0.25, -0.2) is 0 Å². The number of rotatable bonds is 6. The molecule has 2 aromatic rings. The van der Waals surface area contributed by atoms with E-state index in [0.717, 1.165) is 26.2 Å². The molecule has 2 saturated heterocycles. The molecule has 0 spiro atoms. The van der Waals surface area contributed by atoms with Crippen LogP contribution in [0.2, 0.25) is 0 Å². The predicted octanol–water partition coefficient (Wildman–Crippen LogP) is 2.73. The van der Waals surface area contributed by atoms with Crippen LogP contribution in [0.4, 0.5) is 0 Å². The number of benzene rings is 1. The van der Waals surface area contributed by atoms with Gasteiger partial charge in [-0.2, -0.15) is 5.10 Å². The van der Waals surface area contributed by atoms with Crippen LogP contribution in [0, 0.1) is 5.92 Å². The van der Waals surface area contributed by atoms with Crippen molar-refractivity contribution in [1.82, 2.24) is 19.6 Å². The first-order valence-corrected chi connectivity index (χ1v) is 10.6. The lowest BCUT2D eigenvalue weighted by Gasteiger charge is -2.25. The number of carbonyl (C=O) groups excluding carboxylic acids is 1. The van der Waals surface area contributed by atoms with Crippen LogP contribution < -0.4 is 0 Å². The third-order valence-corrected chi connectivity index (χ3v) is 6.42. The van der Waals surface area contributed by atoms with Crippen LogP contribution in [0.15, 0.2) is 47.6 Å². The zero-order chi connectivity index (χ0) is 17.9. The first-order valence-electron chi connectivity index (χ1n) is 9.35. The number of hydrogen-bond acceptors (Lipinski definition) is 4. The highest BCUT2D eigenvalue weighted by Gasteiger charge is 2.42. The molecule has 2 aliphatic rings. The number of likely N-dealkylation sites (tertiary alicyclic amines) is 2. The highest BCUT2D eigenvalue weighted by Crippen LogP contribution is 2.33. The molecule has 0 bridgehead atoms. The molecule has 138 valence electrons. The van der Waals surface area contributed by atoms with Gasteiger partial charge < -0.3 is 4.90 Å². The lowest BCUT2D eigenvalue weighted by Crippen LogP contribution is -2.37. The first kappa shape index (κ1) is 17.6. The summed E-state index contributed by atoms with van der Waals surface area (Å²) < 4.78 is 1.83. The minimum atomic E-state index is 0.263. The fourth-order valence-electron chi connectivity index (χ4n) is 4.22. The highest BCUT2D eigenvalue weighted by molar-refractivity contribution is 7.98. The molecule has 0 radical (unpaired) electrons. The molecule has 1 aromatic carbocycles. The Kier molecular flexibility index (Phi) is 5.31. The average Bonchev–Trinajstić information content (AvgIpc) is 3.39. The summed E-state index contributed by atoms with van der Waals surface area (Å²) in [7, 11) is 0. The van der Waals surface area contributed by atoms with E-state index in [-0.39, 0.29) is 5.91 Å². The Labute approximate surface area is 159 Å². The van der Waals surface area contributed by atoms with E-state index in [4.69, 9.17) is 0 Å². The summed E-state index contributed by atoms with van der Waals surface area (Å²) in [5, 5.41) is 4.18. The normalized spacial score (nSPS) is 22.7. The van der Waals surface area contributed by atoms with Crippen LogP contribution in [0.3, 0.4) is 0 Å². The highest BCUT2D eigenvalue weighted by atomic mass is 32.2. The van der Waals surface area contributed by atoms with Gasteiger partial charge in [-0.3, -0.25) is 14.4 Å². The summed E-state index contributed by atoms with van der Waals surface area (Å²) in [5.41, 5.74) is 1.37. The summed E-state index contributed by atoms with van der Waals surface area (Å²) in [6.07, 6.45) is 7.52. The van der Waals surface area contributed by atoms with Crippen molar-refractivity contribution in [3.05, 3.63) is 48.3 Å². The van der Waals surface area contributed by atoms with Crippen LogP contribution in [-0.4, -0.2) is 57.4 Å². The topological polar surface area (TPSA) is 41.4 Å². The quantitative estimate of drug-likeness (QED) is 0.733. The van der Waals surface area contributed by atoms with Gasteiger partial charge in [0.05, 0.1) is 0 Å². The number of amides is 1. The van der Waals surface area contributed by atoms with E-state index in [0.29, 0.717) is 24.9 Å². The van der Waals surface area contributed by atoms with Crippen LogP contribution in [-0.2, 0) is 17.9 Å². The minimum absolute atomic E-state index is 0.263. The van der Waals surface area contributed by atoms with Gasteiger partial charge in [-0.15, -0.1) is 11.8 Å². The maximum Gasteiger partial charge on any atom is 0.224 e. The third-order valence-electron chi connectivity index (χ3n) is 5.67. The van der Waals surface area contributed by atoms with Crippen molar-refractivity contribution in [3.8, 4) is 0 Å². The summed E-state index contributed by atoms with van der Waals surface area (Å²) >= 11 is 1.78. The summed E-state index contributed by atoms with van der Waals surface area (Å²) in [4.78, 5) is 18.5. The van der Waals surface area contributed by atoms with E-state index >= 15 is 0 Å². The first-order chi connectivity index (χ1) is 12.7. The Morgan fingerprint density at radius 3 is 2.85 bits per heavy atom. The van der Waals surface area contributed by atoms with Crippen molar-refractivity contribution < 1.29 is 4.79 Å². The van der Waals surface area contributed by atoms with E-state index in [2.05, 4.69) is 45.4 Å². The van der Waals surface area contributed by atoms with Crippen LogP contribution in [0.25, 0.3) is 0 Å². The zero-order valence-electron chi connectivity index (χ0n) is 15.3. The molecule has 0 aliphatic carbocycles. The summed E-state index contributed by atoms with van der Waals surface area (Å²) in [6.45, 7) is 4.61. The second-order valence-corrected chi connectivity index (χ2v) is 8.13. The SMILES string of the molecule is CSc1ccc(CN2CC[C@@H]3CN(C(=O)CCn4cccn4)C[C@@H]32)cc1. The monoisotopic (exact) mass is 370 g/mol. The van der Waals surface area contributed by atoms with Gasteiger partial charge in [-0.05, 0) is 48.9 Å². The fraction of sp³-hybridized carbons (Fsp3) is 0.500. The Bertz CT molecular complexity index is 731. The second-order valence-electron chi connectivity index (χ2n) is 7.25. The number of hydrogen-bond donors (Lipinski definition) is 0. The van der Waals surface area contributed by atoms with Crippen LogP contribution in [0.5, 0.6) is 0 Å². The Morgan fingerprint density at radius 1 is 1.27 bits per heavy atom. The summed E-state index contributed by atoms with van der Waals surface area (Å²) in [6, 6.07) is 11.3. The van der Waals surface area contributed by atoms with E-state index in [1.54, 1.807) is 18.0 Å². The number of aryl methyl sites for hydroxylation is 1. The molecule has 2 fully saturated rings. The largest absolute Gasteiger partial charge is 0.341 e. The third kappa shape index (κ3) is 3.81. The van der Waals surface area contributed by atoms with Gasteiger partial charge in [0.2, 0.25) is 5.91 Å². The van der Waals surface area contributed by atoms with E-state index in [1.165, 1.54) is 16.9 Å². The van der Waals surface area contributed by atoms with E-state index < -0.39 is 0 Å². The average molecular weight is 371 g/mol. The molecule has 0 unspecified atom stereocenters. The molecule has 6 heteroatoms. The van der Waals surface area contributed by atoms with Crippen molar-refractivity contribution >= 4 is 17.7 Å². The van der Waals surface area contributed by atoms with Crippen molar-refractivity contribution in [2.45, 2.75) is 36.9 Å². The minimum Gasteiger partial charge on any atom is -0.341 e. The molecule has 26 heavy (non-hydrogen) atoms. The molecular formula is C20H26N4OS. The van der Waals surface area contributed by atoms with Gasteiger partial charge in [0.1, 0.15) is 0 Å². The second kappa shape index (κ2) is 7.84. The standard InChI is InChI=1S/C20H26N4OS/c1-26-18-5-3-16(4-6-18)13-22-11-7-17-14-23(15-19(17)22)20(25)8-12-24-10-2-9-21-24/h2-6,9-10,17,19H,7-8,11-15H2,1H3/t17-,19+/m1/s1. The molecule has 0 saturated carbocycles. The number of fused-ring (bicyclic) bond motifs is 1. The number of nitrogens with zero attached hydrogens (tertiary/aromatic N) is 4. The van der Waals surface area contributed by atoms with Crippen molar-refractivity contribution in [1.29, 1.82) is 0 Å². The molecule has 5 nitrogen and oxygen atoms in total. The Balaban J connectivity index is 1.32. The summed E-state index contributed by atoms with van der Waals surface area (Å²) in [5.74, 6) is 0.897. The molecule has 2 aliphatic heterocycles. The van der Waals surface area contributed by atoms with Gasteiger partial charge in [-0.1, -0.05) is 12.1 Å². The van der Waals surface area contributed by atoms with Gasteiger partial charge >= 0.3 is 0 Å². The number of carbonyl (C=O) groups is 1. The molecule has 2 atom stereocenters. The molecule has 3 heterocycles. The maximum absolute atomic E-state index is 12.6. The van der Waals surface area contributed by atoms with Gasteiger partial charge in [0.15, 0.2) is 0 Å². The van der Waals surface area contributed by atoms with E-state index in [9.17, 15) is 4.79 Å². The van der Waals surface area contributed by atoms with Crippen LogP contribution in [0.1, 0.15) is 18.4 Å². The van der Waals surface area contributed by atoms with Crippen molar-refractivity contribution in [2.75, 3.05) is 25.9 Å². The van der Waals surface area contributed by atoms with Gasteiger partial charge in [0.25, 0.3) is 0 Å². The Morgan fingerprint density at radius 2 is 2.12 bits per heavy atom. The predicted molar refractivity (Wildman–Crippen MR) is 104 cm³/mol. The van der Waals surface area contributed by atoms with Gasteiger partial charge in [0, 0.05) is 55.9 Å².